The van der Waals surface area contributed by atoms with Crippen LogP contribution in [-0.2, 0) is 21.4 Å². The van der Waals surface area contributed by atoms with Crippen molar-refractivity contribution < 1.29 is 9.59 Å². The molecule has 0 saturated carbocycles. The molecule has 0 aromatic heterocycles. The fourth-order valence-electron chi connectivity index (χ4n) is 4.71. The molecule has 4 aromatic rings. The zero-order valence-corrected chi connectivity index (χ0v) is 19.8. The molecule has 0 aliphatic carbocycles. The van der Waals surface area contributed by atoms with E-state index in [1.165, 1.54) is 0 Å². The highest BCUT2D eigenvalue weighted by Gasteiger charge is 2.39. The second-order valence-electron chi connectivity index (χ2n) is 8.68. The molecule has 0 spiro atoms. The molecule has 0 unspecified atom stereocenters. The third kappa shape index (κ3) is 5.18. The molecule has 2 amide bonds. The molecule has 0 aliphatic heterocycles. The number of carbonyl (C=O) groups is 2. The molecule has 4 rings (SSSR count). The lowest BCUT2D eigenvalue weighted by molar-refractivity contribution is -0.127. The highest BCUT2D eigenvalue weighted by Crippen LogP contribution is 2.42. The fraction of sp³-hybridized carbons (Fsp3) is 0.129. The summed E-state index contributed by atoms with van der Waals surface area (Å²) in [6, 6.07) is 37.9. The number of nitrogens with one attached hydrogen (secondary N) is 1. The minimum Gasteiger partial charge on any atom is -0.368 e. The molecule has 0 aliphatic rings. The lowest BCUT2D eigenvalue weighted by atomic mass is 9.67. The first kappa shape index (κ1) is 24.4. The lowest BCUT2D eigenvalue weighted by Crippen LogP contribution is -2.48. The maximum atomic E-state index is 13.7. The van der Waals surface area contributed by atoms with Crippen LogP contribution < -0.4 is 11.1 Å². The fourth-order valence-corrected chi connectivity index (χ4v) is 4.71. The Morgan fingerprint density at radius 1 is 0.750 bits per heavy atom. The van der Waals surface area contributed by atoms with Crippen molar-refractivity contribution >= 4 is 11.8 Å². The Morgan fingerprint density at radius 3 is 1.64 bits per heavy atom. The van der Waals surface area contributed by atoms with Gasteiger partial charge in [0, 0.05) is 12.8 Å². The molecule has 5 nitrogen and oxygen atoms in total. The van der Waals surface area contributed by atoms with Gasteiger partial charge in [0.15, 0.2) is 0 Å². The van der Waals surface area contributed by atoms with E-state index in [-0.39, 0.29) is 18.7 Å². The van der Waals surface area contributed by atoms with Crippen LogP contribution in [0.5, 0.6) is 0 Å². The smallest absolute Gasteiger partial charge is 0.240 e. The van der Waals surface area contributed by atoms with Crippen LogP contribution in [0.2, 0.25) is 0 Å². The topological polar surface area (TPSA) is 96.0 Å². The van der Waals surface area contributed by atoms with Crippen molar-refractivity contribution in [2.24, 2.45) is 5.73 Å². The van der Waals surface area contributed by atoms with Crippen molar-refractivity contribution in [2.75, 3.05) is 0 Å². The summed E-state index contributed by atoms with van der Waals surface area (Å²) in [5, 5.41) is 12.3. The summed E-state index contributed by atoms with van der Waals surface area (Å²) in [6.07, 6.45) is 0.203. The van der Waals surface area contributed by atoms with Crippen molar-refractivity contribution in [2.45, 2.75) is 24.3 Å². The van der Waals surface area contributed by atoms with E-state index < -0.39 is 17.4 Å². The van der Waals surface area contributed by atoms with Crippen LogP contribution in [0.4, 0.5) is 0 Å². The first-order valence-corrected chi connectivity index (χ1v) is 11.8. The monoisotopic (exact) mass is 473 g/mol. The molecule has 5 heteroatoms. The Kier molecular flexibility index (Phi) is 7.57. The van der Waals surface area contributed by atoms with Gasteiger partial charge in [0.05, 0.1) is 17.0 Å². The first-order valence-electron chi connectivity index (χ1n) is 11.8. The lowest BCUT2D eigenvalue weighted by Gasteiger charge is -2.36. The van der Waals surface area contributed by atoms with Crippen LogP contribution in [0.1, 0.15) is 34.2 Å². The average molecular weight is 474 g/mol. The predicted molar refractivity (Wildman–Crippen MR) is 140 cm³/mol. The van der Waals surface area contributed by atoms with Crippen LogP contribution in [0.15, 0.2) is 115 Å². The third-order valence-corrected chi connectivity index (χ3v) is 6.47. The second-order valence-corrected chi connectivity index (χ2v) is 8.68. The Morgan fingerprint density at radius 2 is 1.19 bits per heavy atom. The van der Waals surface area contributed by atoms with E-state index in [4.69, 9.17) is 5.73 Å². The van der Waals surface area contributed by atoms with Gasteiger partial charge in [-0.2, -0.15) is 5.26 Å². The van der Waals surface area contributed by atoms with Crippen molar-refractivity contribution in [1.82, 2.24) is 5.32 Å². The average Bonchev–Trinajstić information content (AvgIpc) is 2.93. The Balaban J connectivity index is 1.74. The van der Waals surface area contributed by atoms with Gasteiger partial charge in [-0.15, -0.1) is 0 Å². The second kappa shape index (κ2) is 11.2. The van der Waals surface area contributed by atoms with Crippen LogP contribution >= 0.6 is 0 Å². The third-order valence-electron chi connectivity index (χ3n) is 6.47. The largest absolute Gasteiger partial charge is 0.368 e. The number of benzene rings is 4. The van der Waals surface area contributed by atoms with Crippen LogP contribution in [0.25, 0.3) is 0 Å². The molecular weight excluding hydrogens is 446 g/mol. The Hall–Kier alpha value is -4.69. The Bertz CT molecular complexity index is 1270. The number of nitrogens with two attached hydrogens (primary N) is 1. The first-order chi connectivity index (χ1) is 17.5. The summed E-state index contributed by atoms with van der Waals surface area (Å²) >= 11 is 0. The summed E-state index contributed by atoms with van der Waals surface area (Å²) in [6.45, 7) is 0. The quantitative estimate of drug-likeness (QED) is 0.351. The van der Waals surface area contributed by atoms with Crippen molar-refractivity contribution in [3.63, 3.8) is 0 Å². The molecule has 0 saturated heterocycles. The number of hydrogen-bond acceptors (Lipinski definition) is 3. The van der Waals surface area contributed by atoms with E-state index in [1.54, 1.807) is 24.3 Å². The minimum atomic E-state index is -0.952. The number of nitrogens with zero attached hydrogens (tertiary/aromatic N) is 1. The Labute approximate surface area is 211 Å². The number of hydrogen-bond donors (Lipinski definition) is 2. The summed E-state index contributed by atoms with van der Waals surface area (Å²) in [5.74, 6) is -0.967. The predicted octanol–water partition coefficient (Wildman–Crippen LogP) is 4.50. The molecule has 3 N–H and O–H groups in total. The highest BCUT2D eigenvalue weighted by molar-refractivity contribution is 5.88. The van der Waals surface area contributed by atoms with Crippen LogP contribution in [0, 0.1) is 11.3 Å². The van der Waals surface area contributed by atoms with E-state index in [1.807, 2.05) is 91.0 Å². The summed E-state index contributed by atoms with van der Waals surface area (Å²) in [5.41, 5.74) is 8.88. The van der Waals surface area contributed by atoms with Crippen molar-refractivity contribution in [3.8, 4) is 6.07 Å². The maximum absolute atomic E-state index is 13.7. The number of amides is 2. The molecule has 0 radical (unpaired) electrons. The molecule has 0 heterocycles. The van der Waals surface area contributed by atoms with Gasteiger partial charge >= 0.3 is 0 Å². The van der Waals surface area contributed by atoms with Crippen molar-refractivity contribution in [1.29, 1.82) is 5.26 Å². The molecule has 178 valence electrons. The normalized spacial score (nSPS) is 11.8. The number of nitriles is 1. The number of rotatable bonds is 9. The van der Waals surface area contributed by atoms with Gasteiger partial charge in [-0.25, -0.2) is 0 Å². The molecule has 4 aromatic carbocycles. The van der Waals surface area contributed by atoms with E-state index >= 15 is 0 Å². The summed E-state index contributed by atoms with van der Waals surface area (Å²) in [7, 11) is 0. The van der Waals surface area contributed by atoms with Gasteiger partial charge in [0.25, 0.3) is 0 Å². The summed E-state index contributed by atoms with van der Waals surface area (Å²) in [4.78, 5) is 26.0. The standard InChI is InChI=1S/C31H27N3O2/c32-22-24-13-11-10-12-23(24)20-28(30(33)36)34-29(35)21-31(25-14-4-1-5-15-25,26-16-6-2-7-17-26)27-18-8-3-9-19-27/h1-19,28H,20-21H2,(H2,33,36)(H,34,35)/t28-/m0/s1. The minimum absolute atomic E-state index is 0.0642. The molecule has 0 fully saturated rings. The van der Waals surface area contributed by atoms with Gasteiger partial charge in [0.2, 0.25) is 11.8 Å². The van der Waals surface area contributed by atoms with E-state index in [9.17, 15) is 14.9 Å². The zero-order chi connectivity index (χ0) is 25.4. The molecule has 36 heavy (non-hydrogen) atoms. The maximum Gasteiger partial charge on any atom is 0.240 e. The van der Waals surface area contributed by atoms with Gasteiger partial charge in [-0.3, -0.25) is 9.59 Å². The van der Waals surface area contributed by atoms with Gasteiger partial charge in [-0.1, -0.05) is 109 Å². The molecular formula is C31H27N3O2. The van der Waals surface area contributed by atoms with E-state index in [0.29, 0.717) is 11.1 Å². The van der Waals surface area contributed by atoms with Gasteiger partial charge in [-0.05, 0) is 28.3 Å². The number of primary amides is 1. The zero-order valence-electron chi connectivity index (χ0n) is 19.8. The SMILES string of the molecule is N#Cc1ccccc1C[C@H](NC(=O)CC(c1ccccc1)(c1ccccc1)c1ccccc1)C(N)=O. The van der Waals surface area contributed by atoms with E-state index in [2.05, 4.69) is 11.4 Å². The van der Waals surface area contributed by atoms with Crippen LogP contribution in [-0.4, -0.2) is 17.9 Å². The van der Waals surface area contributed by atoms with Gasteiger partial charge in [0.1, 0.15) is 6.04 Å². The number of carbonyl (C=O) groups excluding carboxylic acids is 2. The highest BCUT2D eigenvalue weighted by atomic mass is 16.2. The summed E-state index contributed by atoms with van der Waals surface area (Å²) < 4.78 is 0. The van der Waals surface area contributed by atoms with E-state index in [0.717, 1.165) is 16.7 Å². The molecule has 0 bridgehead atoms. The van der Waals surface area contributed by atoms with Gasteiger partial charge < -0.3 is 11.1 Å². The molecule has 1 atom stereocenters. The van der Waals surface area contributed by atoms with Crippen LogP contribution in [0.3, 0.4) is 0 Å². The van der Waals surface area contributed by atoms with Crippen molar-refractivity contribution in [3.05, 3.63) is 143 Å².